The van der Waals surface area contributed by atoms with Gasteiger partial charge in [-0.05, 0) is 26.2 Å². The van der Waals surface area contributed by atoms with Crippen molar-refractivity contribution in [3.63, 3.8) is 0 Å². The molecule has 0 aromatic carbocycles. The second-order valence-corrected chi connectivity index (χ2v) is 9.26. The number of urea groups is 1. The average Bonchev–Trinajstić information content (AvgIpc) is 3.28. The highest BCUT2D eigenvalue weighted by Gasteiger charge is 2.29. The lowest BCUT2D eigenvalue weighted by molar-refractivity contribution is 0.174. The van der Waals surface area contributed by atoms with Gasteiger partial charge in [0.05, 0.1) is 5.01 Å². The van der Waals surface area contributed by atoms with Gasteiger partial charge >= 0.3 is 6.03 Å². The first kappa shape index (κ1) is 18.4. The van der Waals surface area contributed by atoms with E-state index >= 15 is 0 Å². The molecule has 1 N–H and O–H groups in total. The number of aryl methyl sites for hydroxylation is 2. The van der Waals surface area contributed by atoms with E-state index in [1.165, 1.54) is 9.88 Å². The molecular weight excluding hydrogens is 360 g/mol. The van der Waals surface area contributed by atoms with Crippen molar-refractivity contribution in [3.05, 3.63) is 27.7 Å². The third-order valence-electron chi connectivity index (χ3n) is 5.59. The van der Waals surface area contributed by atoms with Crippen molar-refractivity contribution in [2.24, 2.45) is 0 Å². The fourth-order valence-electron chi connectivity index (χ4n) is 4.05. The number of nitrogens with zero attached hydrogens (tertiary/aromatic N) is 5. The summed E-state index contributed by atoms with van der Waals surface area (Å²) >= 11 is 1.79. The number of hydrogen-bond acceptors (Lipinski definition) is 5. The molecule has 0 saturated carbocycles. The molecule has 8 heteroatoms. The molecule has 0 bridgehead atoms. The van der Waals surface area contributed by atoms with Crippen molar-refractivity contribution in [1.29, 1.82) is 0 Å². The van der Waals surface area contributed by atoms with Gasteiger partial charge in [0.15, 0.2) is 0 Å². The molecule has 1 unspecified atom stereocenters. The molecular formula is C19H28N6OS. The van der Waals surface area contributed by atoms with Gasteiger partial charge in [0.1, 0.15) is 11.6 Å². The van der Waals surface area contributed by atoms with Crippen LogP contribution in [0.2, 0.25) is 0 Å². The van der Waals surface area contributed by atoms with Gasteiger partial charge in [-0.25, -0.2) is 9.78 Å². The summed E-state index contributed by atoms with van der Waals surface area (Å²) in [6.07, 6.45) is 5.75. The number of piperidine rings is 1. The molecule has 4 rings (SSSR count). The molecule has 2 amide bonds. The van der Waals surface area contributed by atoms with Crippen molar-refractivity contribution < 1.29 is 4.79 Å². The number of aromatic nitrogens is 4. The topological polar surface area (TPSA) is 75.9 Å². The molecule has 2 aliphatic heterocycles. The van der Waals surface area contributed by atoms with Crippen LogP contribution in [0.25, 0.3) is 0 Å². The smallest absolute Gasteiger partial charge is 0.317 e. The molecule has 2 aromatic heterocycles. The Labute approximate surface area is 164 Å². The maximum Gasteiger partial charge on any atom is 0.317 e. The molecule has 1 atom stereocenters. The first-order valence-electron chi connectivity index (χ1n) is 9.91. The summed E-state index contributed by atoms with van der Waals surface area (Å²) in [4.78, 5) is 20.5. The Balaban J connectivity index is 1.32. The van der Waals surface area contributed by atoms with Crippen LogP contribution in [0, 0.1) is 6.92 Å². The van der Waals surface area contributed by atoms with E-state index in [0.29, 0.717) is 11.8 Å². The molecule has 2 aliphatic rings. The Kier molecular flexibility index (Phi) is 5.16. The molecule has 7 nitrogen and oxygen atoms in total. The van der Waals surface area contributed by atoms with E-state index in [1.807, 2.05) is 11.1 Å². The van der Waals surface area contributed by atoms with Crippen LogP contribution >= 0.6 is 11.3 Å². The highest BCUT2D eigenvalue weighted by Crippen LogP contribution is 2.30. The number of nitrogens with one attached hydrogen (secondary N) is 1. The average molecular weight is 389 g/mol. The van der Waals surface area contributed by atoms with Crippen molar-refractivity contribution in [2.45, 2.75) is 70.9 Å². The minimum atomic E-state index is 0.0661. The SMILES string of the molecule is Cc1cnc(C2CCN(C(=O)NC3CCc4nnc(C(C)C)n4C3)CC2)s1. The molecule has 1 saturated heterocycles. The normalized spacial score (nSPS) is 20.7. The maximum absolute atomic E-state index is 12.7. The van der Waals surface area contributed by atoms with Gasteiger partial charge < -0.3 is 14.8 Å². The second kappa shape index (κ2) is 7.58. The van der Waals surface area contributed by atoms with E-state index < -0.39 is 0 Å². The summed E-state index contributed by atoms with van der Waals surface area (Å²) in [6.45, 7) is 8.74. The second-order valence-electron chi connectivity index (χ2n) is 8.00. The third kappa shape index (κ3) is 3.85. The summed E-state index contributed by atoms with van der Waals surface area (Å²) in [5.41, 5.74) is 0. The fourth-order valence-corrected chi connectivity index (χ4v) is 4.99. The summed E-state index contributed by atoms with van der Waals surface area (Å²) in [7, 11) is 0. The molecule has 2 aromatic rings. The molecule has 1 fully saturated rings. The number of carbonyl (C=O) groups excluding carboxylic acids is 1. The number of fused-ring (bicyclic) bond motifs is 1. The van der Waals surface area contributed by atoms with Crippen LogP contribution in [0.1, 0.15) is 66.5 Å². The quantitative estimate of drug-likeness (QED) is 0.877. The van der Waals surface area contributed by atoms with Gasteiger partial charge in [0.25, 0.3) is 0 Å². The van der Waals surface area contributed by atoms with E-state index in [0.717, 1.165) is 57.0 Å². The van der Waals surface area contributed by atoms with Crippen LogP contribution in [0.15, 0.2) is 6.20 Å². The molecule has 27 heavy (non-hydrogen) atoms. The van der Waals surface area contributed by atoms with Gasteiger partial charge in [-0.15, -0.1) is 21.5 Å². The predicted molar refractivity (Wildman–Crippen MR) is 105 cm³/mol. The van der Waals surface area contributed by atoms with Crippen LogP contribution < -0.4 is 5.32 Å². The lowest BCUT2D eigenvalue weighted by atomic mass is 9.98. The Morgan fingerprint density at radius 1 is 1.26 bits per heavy atom. The molecule has 146 valence electrons. The lowest BCUT2D eigenvalue weighted by Crippen LogP contribution is -2.50. The lowest BCUT2D eigenvalue weighted by Gasteiger charge is -2.33. The molecule has 0 spiro atoms. The Hall–Kier alpha value is -1.96. The van der Waals surface area contributed by atoms with Crippen molar-refractivity contribution in [2.75, 3.05) is 13.1 Å². The first-order chi connectivity index (χ1) is 13.0. The fraction of sp³-hybridized carbons (Fsp3) is 0.684. The summed E-state index contributed by atoms with van der Waals surface area (Å²) < 4.78 is 2.19. The number of thiazole rings is 1. The van der Waals surface area contributed by atoms with Crippen molar-refractivity contribution in [1.82, 2.24) is 30.0 Å². The van der Waals surface area contributed by atoms with Crippen LogP contribution in [-0.2, 0) is 13.0 Å². The number of amides is 2. The van der Waals surface area contributed by atoms with Crippen LogP contribution in [-0.4, -0.2) is 49.8 Å². The highest BCUT2D eigenvalue weighted by atomic mass is 32.1. The van der Waals surface area contributed by atoms with Gasteiger partial charge in [0, 0.05) is 55.0 Å². The maximum atomic E-state index is 12.7. The zero-order chi connectivity index (χ0) is 19.0. The number of likely N-dealkylation sites (tertiary alicyclic amines) is 1. The zero-order valence-electron chi connectivity index (χ0n) is 16.3. The molecule has 4 heterocycles. The van der Waals surface area contributed by atoms with E-state index in [9.17, 15) is 4.79 Å². The Morgan fingerprint density at radius 2 is 2.04 bits per heavy atom. The van der Waals surface area contributed by atoms with Crippen molar-refractivity contribution in [3.8, 4) is 0 Å². The zero-order valence-corrected chi connectivity index (χ0v) is 17.1. The molecule has 0 radical (unpaired) electrons. The van der Waals surface area contributed by atoms with E-state index in [1.54, 1.807) is 11.3 Å². The number of carbonyl (C=O) groups is 1. The minimum absolute atomic E-state index is 0.0661. The van der Waals surface area contributed by atoms with Crippen molar-refractivity contribution >= 4 is 17.4 Å². The summed E-state index contributed by atoms with van der Waals surface area (Å²) in [5, 5.41) is 13.1. The number of rotatable bonds is 3. The first-order valence-corrected chi connectivity index (χ1v) is 10.7. The van der Waals surface area contributed by atoms with E-state index in [4.69, 9.17) is 0 Å². The minimum Gasteiger partial charge on any atom is -0.333 e. The van der Waals surface area contributed by atoms with Crippen LogP contribution in [0.5, 0.6) is 0 Å². The van der Waals surface area contributed by atoms with Crippen LogP contribution in [0.4, 0.5) is 4.79 Å². The van der Waals surface area contributed by atoms with Gasteiger partial charge in [0.2, 0.25) is 0 Å². The van der Waals surface area contributed by atoms with Gasteiger partial charge in [-0.3, -0.25) is 0 Å². The standard InChI is InChI=1S/C19H28N6OS/c1-12(2)17-23-22-16-5-4-15(11-25(16)17)21-19(26)24-8-6-14(7-9-24)18-20-10-13(3)27-18/h10,12,14-15H,4-9,11H2,1-3H3,(H,21,26). The van der Waals surface area contributed by atoms with Gasteiger partial charge in [-0.1, -0.05) is 13.8 Å². The summed E-state index contributed by atoms with van der Waals surface area (Å²) in [6, 6.07) is 0.217. The summed E-state index contributed by atoms with van der Waals surface area (Å²) in [5.74, 6) is 2.90. The van der Waals surface area contributed by atoms with E-state index in [-0.39, 0.29) is 12.1 Å². The monoisotopic (exact) mass is 388 g/mol. The molecule has 0 aliphatic carbocycles. The van der Waals surface area contributed by atoms with Gasteiger partial charge in [-0.2, -0.15) is 0 Å². The highest BCUT2D eigenvalue weighted by molar-refractivity contribution is 7.11. The largest absolute Gasteiger partial charge is 0.333 e. The Morgan fingerprint density at radius 3 is 2.70 bits per heavy atom. The Bertz CT molecular complexity index is 805. The number of hydrogen-bond donors (Lipinski definition) is 1. The van der Waals surface area contributed by atoms with Crippen LogP contribution in [0.3, 0.4) is 0 Å². The third-order valence-corrected chi connectivity index (χ3v) is 6.67. The predicted octanol–water partition coefficient (Wildman–Crippen LogP) is 3.07. The van der Waals surface area contributed by atoms with E-state index in [2.05, 4.69) is 45.8 Å².